The SMILES string of the molecule is Cc1ccc(C(=O)NC2C=CC(C(=O)O)C2)c(=O)[nH]1. The predicted octanol–water partition coefficient (Wildman–Crippen LogP) is 0.442. The fourth-order valence-corrected chi connectivity index (χ4v) is 1.99. The smallest absolute Gasteiger partial charge is 0.310 e. The van der Waals surface area contributed by atoms with Gasteiger partial charge in [0.05, 0.1) is 5.92 Å². The lowest BCUT2D eigenvalue weighted by atomic mass is 10.1. The minimum absolute atomic E-state index is 0.0257. The van der Waals surface area contributed by atoms with Gasteiger partial charge in [-0.2, -0.15) is 0 Å². The van der Waals surface area contributed by atoms with Crippen LogP contribution in [-0.2, 0) is 4.79 Å². The van der Waals surface area contributed by atoms with Crippen LogP contribution in [0.4, 0.5) is 0 Å². The molecule has 1 aromatic rings. The molecule has 1 amide bonds. The molecule has 0 saturated carbocycles. The number of carbonyl (C=O) groups excluding carboxylic acids is 1. The van der Waals surface area contributed by atoms with Crippen molar-refractivity contribution in [2.75, 3.05) is 0 Å². The van der Waals surface area contributed by atoms with Gasteiger partial charge in [-0.25, -0.2) is 0 Å². The Morgan fingerprint density at radius 1 is 1.37 bits per heavy atom. The number of carboxylic acids is 1. The maximum Gasteiger partial charge on any atom is 0.310 e. The summed E-state index contributed by atoms with van der Waals surface area (Å²) in [5, 5.41) is 11.5. The largest absolute Gasteiger partial charge is 0.481 e. The summed E-state index contributed by atoms with van der Waals surface area (Å²) in [6.45, 7) is 1.72. The van der Waals surface area contributed by atoms with Gasteiger partial charge in [-0.15, -0.1) is 0 Å². The van der Waals surface area contributed by atoms with Crippen molar-refractivity contribution in [2.45, 2.75) is 19.4 Å². The lowest BCUT2D eigenvalue weighted by Gasteiger charge is -2.11. The second kappa shape index (κ2) is 5.09. The van der Waals surface area contributed by atoms with Crippen LogP contribution in [-0.4, -0.2) is 28.0 Å². The van der Waals surface area contributed by atoms with Crippen molar-refractivity contribution >= 4 is 11.9 Å². The topological polar surface area (TPSA) is 99.3 Å². The lowest BCUT2D eigenvalue weighted by Crippen LogP contribution is -2.36. The van der Waals surface area contributed by atoms with Crippen molar-refractivity contribution in [3.8, 4) is 0 Å². The molecule has 0 aliphatic heterocycles. The van der Waals surface area contributed by atoms with E-state index >= 15 is 0 Å². The molecule has 0 fully saturated rings. The van der Waals surface area contributed by atoms with E-state index in [0.717, 1.165) is 0 Å². The Morgan fingerprint density at radius 3 is 2.68 bits per heavy atom. The van der Waals surface area contributed by atoms with Gasteiger partial charge in [0.25, 0.3) is 11.5 Å². The van der Waals surface area contributed by atoms with Crippen molar-refractivity contribution in [3.63, 3.8) is 0 Å². The van der Waals surface area contributed by atoms with Gasteiger partial charge < -0.3 is 15.4 Å². The first-order valence-corrected chi connectivity index (χ1v) is 5.89. The summed E-state index contributed by atoms with van der Waals surface area (Å²) < 4.78 is 0. The molecule has 0 bridgehead atoms. The molecule has 1 aromatic heterocycles. The lowest BCUT2D eigenvalue weighted by molar-refractivity contribution is -0.140. The van der Waals surface area contributed by atoms with Crippen molar-refractivity contribution in [2.24, 2.45) is 5.92 Å². The van der Waals surface area contributed by atoms with Crippen LogP contribution in [0.5, 0.6) is 0 Å². The standard InChI is InChI=1S/C13H14N2O4/c1-7-2-5-10(11(16)14-7)12(17)15-9-4-3-8(6-9)13(18)19/h2-5,8-9H,6H2,1H3,(H,14,16)(H,15,17)(H,18,19). The third-order valence-electron chi connectivity index (χ3n) is 3.02. The molecule has 0 spiro atoms. The van der Waals surface area contributed by atoms with Gasteiger partial charge in [0, 0.05) is 11.7 Å². The number of aryl methyl sites for hydroxylation is 1. The molecule has 1 heterocycles. The van der Waals surface area contributed by atoms with E-state index in [-0.39, 0.29) is 11.6 Å². The van der Waals surface area contributed by atoms with E-state index < -0.39 is 23.4 Å². The molecule has 2 rings (SSSR count). The molecule has 1 aliphatic rings. The van der Waals surface area contributed by atoms with Crippen molar-refractivity contribution in [1.82, 2.24) is 10.3 Å². The van der Waals surface area contributed by atoms with Crippen LogP contribution in [0.15, 0.2) is 29.1 Å². The molecule has 19 heavy (non-hydrogen) atoms. The van der Waals surface area contributed by atoms with E-state index in [1.54, 1.807) is 25.1 Å². The van der Waals surface area contributed by atoms with E-state index in [9.17, 15) is 14.4 Å². The van der Waals surface area contributed by atoms with Crippen molar-refractivity contribution < 1.29 is 14.7 Å². The van der Waals surface area contributed by atoms with Crippen molar-refractivity contribution in [3.05, 3.63) is 45.9 Å². The van der Waals surface area contributed by atoms with Crippen LogP contribution in [0.2, 0.25) is 0 Å². The monoisotopic (exact) mass is 262 g/mol. The number of hydrogen-bond acceptors (Lipinski definition) is 3. The summed E-state index contributed by atoms with van der Waals surface area (Å²) in [5.41, 5.74) is 0.250. The molecule has 2 atom stereocenters. The van der Waals surface area contributed by atoms with Crippen LogP contribution in [0, 0.1) is 12.8 Å². The van der Waals surface area contributed by atoms with Crippen molar-refractivity contribution in [1.29, 1.82) is 0 Å². The third kappa shape index (κ3) is 2.90. The van der Waals surface area contributed by atoms with E-state index in [4.69, 9.17) is 5.11 Å². The number of amides is 1. The zero-order valence-corrected chi connectivity index (χ0v) is 10.3. The highest BCUT2D eigenvalue weighted by Crippen LogP contribution is 2.18. The molecule has 2 unspecified atom stereocenters. The Bertz CT molecular complexity index is 603. The molecule has 6 nitrogen and oxygen atoms in total. The predicted molar refractivity (Wildman–Crippen MR) is 67.9 cm³/mol. The first kappa shape index (κ1) is 13.1. The van der Waals surface area contributed by atoms with Crippen LogP contribution < -0.4 is 10.9 Å². The maximum atomic E-state index is 11.9. The fraction of sp³-hybridized carbons (Fsp3) is 0.308. The Labute approximate surface area is 109 Å². The number of carboxylic acid groups (broad SMARTS) is 1. The van der Waals surface area contributed by atoms with Gasteiger partial charge >= 0.3 is 5.97 Å². The van der Waals surface area contributed by atoms with Gasteiger partial charge in [0.1, 0.15) is 5.56 Å². The van der Waals surface area contributed by atoms with E-state index in [1.165, 1.54) is 6.07 Å². The highest BCUT2D eigenvalue weighted by Gasteiger charge is 2.26. The minimum Gasteiger partial charge on any atom is -0.481 e. The average Bonchev–Trinajstić information content (AvgIpc) is 2.77. The average molecular weight is 262 g/mol. The molecular weight excluding hydrogens is 248 g/mol. The molecule has 0 radical (unpaired) electrons. The van der Waals surface area contributed by atoms with Crippen LogP contribution in [0.3, 0.4) is 0 Å². The van der Waals surface area contributed by atoms with Crippen LogP contribution in [0.25, 0.3) is 0 Å². The van der Waals surface area contributed by atoms with Gasteiger partial charge in [-0.1, -0.05) is 12.2 Å². The van der Waals surface area contributed by atoms with E-state index in [1.807, 2.05) is 0 Å². The zero-order chi connectivity index (χ0) is 14.0. The highest BCUT2D eigenvalue weighted by atomic mass is 16.4. The number of pyridine rings is 1. The number of aliphatic carboxylic acids is 1. The van der Waals surface area contributed by atoms with Gasteiger partial charge in [-0.05, 0) is 25.5 Å². The van der Waals surface area contributed by atoms with E-state index in [0.29, 0.717) is 12.1 Å². The second-order valence-electron chi connectivity index (χ2n) is 4.53. The molecular formula is C13H14N2O4. The van der Waals surface area contributed by atoms with Gasteiger partial charge in [0.15, 0.2) is 0 Å². The first-order chi connectivity index (χ1) is 8.97. The normalized spacial score (nSPS) is 21.3. The number of nitrogens with one attached hydrogen (secondary N) is 2. The summed E-state index contributed by atoms with van der Waals surface area (Å²) in [6, 6.07) is 2.74. The summed E-state index contributed by atoms with van der Waals surface area (Å²) in [6.07, 6.45) is 3.50. The number of aromatic amines is 1. The Balaban J connectivity index is 2.05. The molecule has 0 saturated heterocycles. The quantitative estimate of drug-likeness (QED) is 0.688. The summed E-state index contributed by atoms with van der Waals surface area (Å²) >= 11 is 0. The number of carbonyl (C=O) groups is 2. The molecule has 0 aromatic carbocycles. The number of aromatic nitrogens is 1. The zero-order valence-electron chi connectivity index (χ0n) is 10.3. The number of rotatable bonds is 3. The highest BCUT2D eigenvalue weighted by molar-refractivity contribution is 5.94. The fourth-order valence-electron chi connectivity index (χ4n) is 1.99. The molecule has 3 N–H and O–H groups in total. The van der Waals surface area contributed by atoms with Gasteiger partial charge in [-0.3, -0.25) is 14.4 Å². The summed E-state index contributed by atoms with van der Waals surface area (Å²) in [7, 11) is 0. The Morgan fingerprint density at radius 2 is 2.11 bits per heavy atom. The summed E-state index contributed by atoms with van der Waals surface area (Å²) in [4.78, 5) is 36.8. The van der Waals surface area contributed by atoms with Crippen LogP contribution >= 0.6 is 0 Å². The first-order valence-electron chi connectivity index (χ1n) is 5.89. The second-order valence-corrected chi connectivity index (χ2v) is 4.53. The van der Waals surface area contributed by atoms with E-state index in [2.05, 4.69) is 10.3 Å². The minimum atomic E-state index is -0.916. The number of H-pyrrole nitrogens is 1. The Hall–Kier alpha value is -2.37. The molecule has 6 heteroatoms. The molecule has 1 aliphatic carbocycles. The number of hydrogen-bond donors (Lipinski definition) is 3. The van der Waals surface area contributed by atoms with Crippen LogP contribution in [0.1, 0.15) is 22.5 Å². The Kier molecular flexibility index (Phi) is 3.50. The third-order valence-corrected chi connectivity index (χ3v) is 3.02. The molecule has 100 valence electrons. The summed E-state index contributed by atoms with van der Waals surface area (Å²) in [5.74, 6) is -2.00. The maximum absolute atomic E-state index is 11.9. The van der Waals surface area contributed by atoms with Gasteiger partial charge in [0.2, 0.25) is 0 Å².